The van der Waals surface area contributed by atoms with Crippen molar-refractivity contribution in [3.63, 3.8) is 0 Å². The van der Waals surface area contributed by atoms with Gasteiger partial charge in [0.25, 0.3) is 0 Å². The Morgan fingerprint density at radius 2 is 1.65 bits per heavy atom. The Bertz CT molecular complexity index is 717. The monoisotopic (exact) mass is 387 g/mol. The number of carbonyl (C=O) groups is 1. The third-order valence-electron chi connectivity index (χ3n) is 2.94. The maximum atomic E-state index is 12.3. The summed E-state index contributed by atoms with van der Waals surface area (Å²) in [6.07, 6.45) is -0.00872. The number of hydrogen-bond donors (Lipinski definition) is 2. The summed E-state index contributed by atoms with van der Waals surface area (Å²) in [6, 6.07) is 11.7. The van der Waals surface area contributed by atoms with Crippen LogP contribution in [-0.4, -0.2) is 11.0 Å². The molecule has 0 spiro atoms. The number of halogens is 3. The summed E-state index contributed by atoms with van der Waals surface area (Å²) in [5.74, 6) is -0.359. The summed E-state index contributed by atoms with van der Waals surface area (Å²) in [4.78, 5) is 12.3. The first-order valence-electron chi connectivity index (χ1n) is 6.46. The van der Waals surface area contributed by atoms with E-state index < -0.39 is 0 Å². The van der Waals surface area contributed by atoms with E-state index in [0.717, 1.165) is 0 Å². The number of hydrazine groups is 1. The third-order valence-corrected chi connectivity index (χ3v) is 4.08. The number of nitrogens with two attached hydrogens (primary N) is 1. The predicted molar refractivity (Wildman–Crippen MR) is 99.0 cm³/mol. The largest absolute Gasteiger partial charge is 0.374 e. The quantitative estimate of drug-likeness (QED) is 0.617. The van der Waals surface area contributed by atoms with Crippen LogP contribution < -0.4 is 16.2 Å². The average Bonchev–Trinajstić information content (AvgIpc) is 2.49. The van der Waals surface area contributed by atoms with Crippen molar-refractivity contribution in [1.82, 2.24) is 5.43 Å². The molecule has 1 amide bonds. The lowest BCUT2D eigenvalue weighted by atomic mass is 10.1. The smallest absolute Gasteiger partial charge is 0.243 e. The van der Waals surface area contributed by atoms with Gasteiger partial charge >= 0.3 is 0 Å². The number of carbonyl (C=O) groups excluding carboxylic acids is 1. The highest BCUT2D eigenvalue weighted by atomic mass is 35.5. The van der Waals surface area contributed by atoms with Crippen LogP contribution in [0.5, 0.6) is 0 Å². The number of rotatable bonds is 3. The zero-order valence-electron chi connectivity index (χ0n) is 11.7. The van der Waals surface area contributed by atoms with Gasteiger partial charge in [0.15, 0.2) is 5.11 Å². The molecule has 0 fully saturated rings. The first-order valence-corrected chi connectivity index (χ1v) is 8.00. The number of nitrogens with zero attached hydrogens (tertiary/aromatic N) is 1. The Labute approximate surface area is 154 Å². The maximum Gasteiger partial charge on any atom is 0.243 e. The van der Waals surface area contributed by atoms with Crippen molar-refractivity contribution in [2.24, 2.45) is 5.73 Å². The van der Waals surface area contributed by atoms with Gasteiger partial charge in [-0.3, -0.25) is 10.2 Å². The molecule has 0 aliphatic heterocycles. The van der Waals surface area contributed by atoms with Crippen molar-refractivity contribution in [2.75, 3.05) is 5.01 Å². The van der Waals surface area contributed by atoms with E-state index in [1.165, 1.54) is 5.01 Å². The van der Waals surface area contributed by atoms with E-state index in [0.29, 0.717) is 26.3 Å². The van der Waals surface area contributed by atoms with Crippen molar-refractivity contribution in [3.05, 3.63) is 63.1 Å². The molecule has 0 saturated heterocycles. The number of hydrogen-bond acceptors (Lipinski definition) is 2. The van der Waals surface area contributed by atoms with Crippen LogP contribution in [0.25, 0.3) is 0 Å². The van der Waals surface area contributed by atoms with Gasteiger partial charge in [-0.2, -0.15) is 0 Å². The number of nitrogens with one attached hydrogen (secondary N) is 1. The van der Waals surface area contributed by atoms with Gasteiger partial charge in [0, 0.05) is 15.1 Å². The molecule has 0 atom stereocenters. The van der Waals surface area contributed by atoms with Gasteiger partial charge < -0.3 is 5.73 Å². The standard InChI is InChI=1S/C15H12Cl3N3OS/c16-9-4-6-10(7-5-9)21(15(19)23)20-14(22)8-11-12(17)2-1-3-13(11)18/h1-7H,8H2,(H2,19,23)(H,20,22). The van der Waals surface area contributed by atoms with Gasteiger partial charge in [0.2, 0.25) is 5.91 Å². The molecule has 23 heavy (non-hydrogen) atoms. The minimum Gasteiger partial charge on any atom is -0.374 e. The Kier molecular flexibility index (Phi) is 6.07. The summed E-state index contributed by atoms with van der Waals surface area (Å²) in [5, 5.41) is 2.68. The number of thiocarbonyl (C=S) groups is 1. The number of amides is 1. The molecular formula is C15H12Cl3N3OS. The molecule has 0 heterocycles. The summed E-state index contributed by atoms with van der Waals surface area (Å²) in [6.45, 7) is 0. The zero-order chi connectivity index (χ0) is 17.0. The lowest BCUT2D eigenvalue weighted by Gasteiger charge is -2.23. The van der Waals surface area contributed by atoms with Crippen LogP contribution in [0.4, 0.5) is 5.69 Å². The first kappa shape index (κ1) is 17.8. The molecule has 120 valence electrons. The van der Waals surface area contributed by atoms with E-state index in [1.54, 1.807) is 42.5 Å². The molecular weight excluding hydrogens is 377 g/mol. The summed E-state index contributed by atoms with van der Waals surface area (Å²) < 4.78 is 0. The van der Waals surface area contributed by atoms with Gasteiger partial charge in [0.1, 0.15) is 0 Å². The minimum atomic E-state index is -0.359. The fourth-order valence-corrected chi connectivity index (χ4v) is 2.67. The predicted octanol–water partition coefficient (Wildman–Crippen LogP) is 3.97. The average molecular weight is 389 g/mol. The molecule has 2 aromatic rings. The number of anilines is 1. The topological polar surface area (TPSA) is 58.4 Å². The van der Waals surface area contributed by atoms with Crippen molar-refractivity contribution >= 4 is 63.7 Å². The maximum absolute atomic E-state index is 12.3. The van der Waals surface area contributed by atoms with Crippen molar-refractivity contribution in [1.29, 1.82) is 0 Å². The normalized spacial score (nSPS) is 10.2. The second-order valence-electron chi connectivity index (χ2n) is 4.56. The second-order valence-corrected chi connectivity index (χ2v) is 6.23. The van der Waals surface area contributed by atoms with Crippen LogP contribution in [0.1, 0.15) is 5.56 Å². The Balaban J connectivity index is 2.16. The third kappa shape index (κ3) is 4.72. The molecule has 2 rings (SSSR count). The van der Waals surface area contributed by atoms with E-state index in [2.05, 4.69) is 5.43 Å². The Morgan fingerprint density at radius 3 is 2.17 bits per heavy atom. The van der Waals surface area contributed by atoms with Crippen molar-refractivity contribution < 1.29 is 4.79 Å². The zero-order valence-corrected chi connectivity index (χ0v) is 14.8. The van der Waals surface area contributed by atoms with Gasteiger partial charge in [0.05, 0.1) is 12.1 Å². The van der Waals surface area contributed by atoms with Crippen LogP contribution in [0.2, 0.25) is 15.1 Å². The van der Waals surface area contributed by atoms with Crippen LogP contribution in [0.3, 0.4) is 0 Å². The van der Waals surface area contributed by atoms with Crippen LogP contribution in [0.15, 0.2) is 42.5 Å². The van der Waals surface area contributed by atoms with Crippen molar-refractivity contribution in [2.45, 2.75) is 6.42 Å². The fourth-order valence-electron chi connectivity index (χ4n) is 1.86. The highest BCUT2D eigenvalue weighted by molar-refractivity contribution is 7.80. The second kappa shape index (κ2) is 7.84. The van der Waals surface area contributed by atoms with E-state index in [-0.39, 0.29) is 17.4 Å². The molecule has 0 radical (unpaired) electrons. The SMILES string of the molecule is NC(=S)N(NC(=O)Cc1c(Cl)cccc1Cl)c1ccc(Cl)cc1. The Morgan fingerprint density at radius 1 is 1.09 bits per heavy atom. The van der Waals surface area contributed by atoms with Gasteiger partial charge in [-0.25, -0.2) is 5.01 Å². The molecule has 0 aromatic heterocycles. The first-order chi connectivity index (χ1) is 10.9. The van der Waals surface area contributed by atoms with Crippen LogP contribution in [0, 0.1) is 0 Å². The summed E-state index contributed by atoms with van der Waals surface area (Å²) in [5.41, 5.74) is 9.41. The van der Waals surface area contributed by atoms with E-state index >= 15 is 0 Å². The summed E-state index contributed by atoms with van der Waals surface area (Å²) in [7, 11) is 0. The van der Waals surface area contributed by atoms with Gasteiger partial charge in [-0.05, 0) is 54.2 Å². The van der Waals surface area contributed by atoms with E-state index in [9.17, 15) is 4.79 Å². The lowest BCUT2D eigenvalue weighted by Crippen LogP contribution is -2.49. The minimum absolute atomic E-state index is 0.00840. The lowest BCUT2D eigenvalue weighted by molar-refractivity contribution is -0.120. The highest BCUT2D eigenvalue weighted by Gasteiger charge is 2.16. The van der Waals surface area contributed by atoms with Crippen LogP contribution >= 0.6 is 47.0 Å². The van der Waals surface area contributed by atoms with E-state index in [1.807, 2.05) is 0 Å². The highest BCUT2D eigenvalue weighted by Crippen LogP contribution is 2.24. The van der Waals surface area contributed by atoms with Crippen LogP contribution in [-0.2, 0) is 11.2 Å². The number of benzene rings is 2. The molecule has 2 aromatic carbocycles. The molecule has 4 nitrogen and oxygen atoms in total. The van der Waals surface area contributed by atoms with Crippen molar-refractivity contribution in [3.8, 4) is 0 Å². The van der Waals surface area contributed by atoms with Gasteiger partial charge in [-0.1, -0.05) is 40.9 Å². The molecule has 0 aliphatic rings. The molecule has 8 heteroatoms. The fraction of sp³-hybridized carbons (Fsp3) is 0.0667. The Hall–Kier alpha value is -1.53. The molecule has 0 bridgehead atoms. The molecule has 0 aliphatic carbocycles. The molecule has 0 saturated carbocycles. The van der Waals surface area contributed by atoms with Gasteiger partial charge in [-0.15, -0.1) is 0 Å². The van der Waals surface area contributed by atoms with E-state index in [4.69, 9.17) is 52.8 Å². The molecule has 0 unspecified atom stereocenters. The molecule has 3 N–H and O–H groups in total. The summed E-state index contributed by atoms with van der Waals surface area (Å²) >= 11 is 22.9.